The van der Waals surface area contributed by atoms with Crippen molar-refractivity contribution in [3.63, 3.8) is 0 Å². The number of benzene rings is 1. The van der Waals surface area contributed by atoms with Gasteiger partial charge in [0.15, 0.2) is 0 Å². The summed E-state index contributed by atoms with van der Waals surface area (Å²) in [7, 11) is 0. The Morgan fingerprint density at radius 3 is 2.64 bits per heavy atom. The van der Waals surface area contributed by atoms with Gasteiger partial charge in [-0.25, -0.2) is 10.0 Å². The zero-order valence-electron chi connectivity index (χ0n) is 16.2. The lowest BCUT2D eigenvalue weighted by molar-refractivity contribution is -0.182. The first-order valence-electron chi connectivity index (χ1n) is 9.58. The Balaban J connectivity index is 1.91. The molecule has 1 heterocycles. The first-order chi connectivity index (χ1) is 13.7. The SMILES string of the molecule is CCCCC[C@@H](CN(C=O)OCc1ccccc1)C(=O)NNc1ccccn1. The highest BCUT2D eigenvalue weighted by Crippen LogP contribution is 2.13. The van der Waals surface area contributed by atoms with E-state index in [1.807, 2.05) is 36.4 Å². The molecule has 7 nitrogen and oxygen atoms in total. The number of hydrogen-bond donors (Lipinski definition) is 2. The van der Waals surface area contributed by atoms with E-state index in [1.165, 1.54) is 5.06 Å². The fourth-order valence-electron chi connectivity index (χ4n) is 2.69. The van der Waals surface area contributed by atoms with E-state index < -0.39 is 0 Å². The quantitative estimate of drug-likeness (QED) is 0.314. The molecule has 0 unspecified atom stereocenters. The Morgan fingerprint density at radius 1 is 1.18 bits per heavy atom. The predicted molar refractivity (Wildman–Crippen MR) is 108 cm³/mol. The number of hydrogen-bond acceptors (Lipinski definition) is 5. The first-order valence-corrected chi connectivity index (χ1v) is 9.58. The molecule has 2 rings (SSSR count). The number of carbonyl (C=O) groups is 2. The highest BCUT2D eigenvalue weighted by Gasteiger charge is 2.22. The molecule has 2 amide bonds. The number of nitrogens with zero attached hydrogens (tertiary/aromatic N) is 2. The molecule has 2 aromatic rings. The topological polar surface area (TPSA) is 83.6 Å². The molecule has 1 aromatic carbocycles. The molecule has 7 heteroatoms. The number of hydroxylamine groups is 2. The number of unbranched alkanes of at least 4 members (excludes halogenated alkanes) is 2. The van der Waals surface area contributed by atoms with Gasteiger partial charge in [-0.2, -0.15) is 0 Å². The van der Waals surface area contributed by atoms with E-state index in [-0.39, 0.29) is 25.0 Å². The average molecular weight is 384 g/mol. The minimum absolute atomic E-state index is 0.190. The van der Waals surface area contributed by atoms with Crippen LogP contribution >= 0.6 is 0 Å². The summed E-state index contributed by atoms with van der Waals surface area (Å²) in [5, 5.41) is 1.20. The standard InChI is InChI=1S/C21H28N4O3/c1-2-3-5-12-19(21(27)24-23-20-13-8-9-14-22-20)15-25(17-26)28-16-18-10-6-4-7-11-18/h4,6-11,13-14,17,19H,2-3,5,12,15-16H2,1H3,(H,22,23)(H,24,27)/t19-/m0/s1. The van der Waals surface area contributed by atoms with Gasteiger partial charge in [0.1, 0.15) is 12.4 Å². The lowest BCUT2D eigenvalue weighted by Gasteiger charge is -2.23. The van der Waals surface area contributed by atoms with Crippen molar-refractivity contribution in [2.24, 2.45) is 5.92 Å². The van der Waals surface area contributed by atoms with Crippen molar-refractivity contribution in [1.82, 2.24) is 15.5 Å². The third-order valence-corrected chi connectivity index (χ3v) is 4.26. The Morgan fingerprint density at radius 2 is 1.96 bits per heavy atom. The molecule has 0 spiro atoms. The van der Waals surface area contributed by atoms with E-state index >= 15 is 0 Å². The fraction of sp³-hybridized carbons (Fsp3) is 0.381. The lowest BCUT2D eigenvalue weighted by atomic mass is 10.0. The van der Waals surface area contributed by atoms with Gasteiger partial charge >= 0.3 is 0 Å². The number of hydrazine groups is 1. The van der Waals surface area contributed by atoms with Crippen molar-refractivity contribution >= 4 is 18.1 Å². The maximum atomic E-state index is 12.6. The van der Waals surface area contributed by atoms with Gasteiger partial charge < -0.3 is 0 Å². The van der Waals surface area contributed by atoms with Crippen LogP contribution in [0.4, 0.5) is 5.82 Å². The van der Waals surface area contributed by atoms with Crippen LogP contribution in [-0.2, 0) is 21.0 Å². The van der Waals surface area contributed by atoms with Crippen molar-refractivity contribution in [1.29, 1.82) is 0 Å². The summed E-state index contributed by atoms with van der Waals surface area (Å²) in [4.78, 5) is 33.8. The second-order valence-electron chi connectivity index (χ2n) is 6.49. The molecule has 1 atom stereocenters. The molecular formula is C21H28N4O3. The first kappa shape index (κ1) is 21.4. The highest BCUT2D eigenvalue weighted by molar-refractivity contribution is 5.80. The summed E-state index contributed by atoms with van der Waals surface area (Å²) in [5.74, 6) is -0.0311. The van der Waals surface area contributed by atoms with Crippen LogP contribution in [0.1, 0.15) is 38.2 Å². The van der Waals surface area contributed by atoms with Gasteiger partial charge in [-0.1, -0.05) is 62.6 Å². The normalized spacial score (nSPS) is 11.5. The molecule has 0 radical (unpaired) electrons. The zero-order chi connectivity index (χ0) is 20.0. The third kappa shape index (κ3) is 7.75. The summed E-state index contributed by atoms with van der Waals surface area (Å²) in [6, 6.07) is 15.0. The number of amides is 2. The Labute approximate surface area is 166 Å². The van der Waals surface area contributed by atoms with Crippen molar-refractivity contribution in [2.75, 3.05) is 12.0 Å². The van der Waals surface area contributed by atoms with Crippen molar-refractivity contribution in [2.45, 2.75) is 39.2 Å². The summed E-state index contributed by atoms with van der Waals surface area (Å²) < 4.78 is 0. The van der Waals surface area contributed by atoms with Crippen molar-refractivity contribution < 1.29 is 14.4 Å². The number of pyridine rings is 1. The van der Waals surface area contributed by atoms with E-state index in [9.17, 15) is 9.59 Å². The van der Waals surface area contributed by atoms with E-state index in [4.69, 9.17) is 4.84 Å². The van der Waals surface area contributed by atoms with Gasteiger partial charge in [0.2, 0.25) is 12.3 Å². The lowest BCUT2D eigenvalue weighted by Crippen LogP contribution is -2.41. The van der Waals surface area contributed by atoms with Gasteiger partial charge in [-0.3, -0.25) is 25.3 Å². The maximum absolute atomic E-state index is 12.6. The number of carbonyl (C=O) groups excluding carboxylic acids is 2. The molecule has 2 N–H and O–H groups in total. The van der Waals surface area contributed by atoms with Crippen LogP contribution in [0.3, 0.4) is 0 Å². The van der Waals surface area contributed by atoms with Crippen LogP contribution in [0.25, 0.3) is 0 Å². The minimum Gasteiger partial charge on any atom is -0.282 e. The van der Waals surface area contributed by atoms with Gasteiger partial charge in [-0.15, -0.1) is 0 Å². The van der Waals surface area contributed by atoms with Crippen LogP contribution in [0.15, 0.2) is 54.7 Å². The summed E-state index contributed by atoms with van der Waals surface area (Å²) in [6.45, 7) is 2.57. The van der Waals surface area contributed by atoms with Gasteiger partial charge in [0.25, 0.3) is 0 Å². The summed E-state index contributed by atoms with van der Waals surface area (Å²) in [5.41, 5.74) is 6.44. The second-order valence-corrected chi connectivity index (χ2v) is 6.49. The van der Waals surface area contributed by atoms with Gasteiger partial charge in [0, 0.05) is 6.20 Å². The van der Waals surface area contributed by atoms with Crippen molar-refractivity contribution in [3.8, 4) is 0 Å². The molecule has 0 bridgehead atoms. The highest BCUT2D eigenvalue weighted by atomic mass is 16.7. The minimum atomic E-state index is -0.385. The smallest absolute Gasteiger partial charge is 0.243 e. The molecule has 0 saturated heterocycles. The molecular weight excluding hydrogens is 356 g/mol. The monoisotopic (exact) mass is 384 g/mol. The fourth-order valence-corrected chi connectivity index (χ4v) is 2.69. The third-order valence-electron chi connectivity index (χ3n) is 4.26. The van der Waals surface area contributed by atoms with Gasteiger partial charge in [0.05, 0.1) is 12.5 Å². The molecule has 28 heavy (non-hydrogen) atoms. The Bertz CT molecular complexity index is 697. The molecule has 0 aliphatic heterocycles. The van der Waals surface area contributed by atoms with E-state index in [0.717, 1.165) is 24.8 Å². The number of anilines is 1. The predicted octanol–water partition coefficient (Wildman–Crippen LogP) is 3.31. The van der Waals surface area contributed by atoms with Crippen LogP contribution in [0.2, 0.25) is 0 Å². The molecule has 0 aliphatic carbocycles. The van der Waals surface area contributed by atoms with Crippen LogP contribution in [0.5, 0.6) is 0 Å². The molecule has 150 valence electrons. The second kappa shape index (κ2) is 12.5. The van der Waals surface area contributed by atoms with Crippen LogP contribution in [0, 0.1) is 5.92 Å². The van der Waals surface area contributed by atoms with Crippen LogP contribution in [-0.4, -0.2) is 28.9 Å². The number of rotatable bonds is 13. The molecule has 0 fully saturated rings. The number of aromatic nitrogens is 1. The van der Waals surface area contributed by atoms with Crippen molar-refractivity contribution in [3.05, 3.63) is 60.3 Å². The molecule has 0 saturated carbocycles. The van der Waals surface area contributed by atoms with E-state index in [0.29, 0.717) is 18.6 Å². The molecule has 0 aliphatic rings. The Kier molecular flexibility index (Phi) is 9.51. The summed E-state index contributed by atoms with van der Waals surface area (Å²) >= 11 is 0. The largest absolute Gasteiger partial charge is 0.282 e. The number of nitrogens with one attached hydrogen (secondary N) is 2. The van der Waals surface area contributed by atoms with E-state index in [2.05, 4.69) is 22.8 Å². The average Bonchev–Trinajstić information content (AvgIpc) is 2.75. The van der Waals surface area contributed by atoms with Gasteiger partial charge in [-0.05, 0) is 24.1 Å². The maximum Gasteiger partial charge on any atom is 0.243 e. The Hall–Kier alpha value is -2.93. The van der Waals surface area contributed by atoms with E-state index in [1.54, 1.807) is 18.3 Å². The zero-order valence-corrected chi connectivity index (χ0v) is 16.2. The van der Waals surface area contributed by atoms with Crippen LogP contribution < -0.4 is 10.9 Å². The molecule has 1 aromatic heterocycles. The summed E-state index contributed by atoms with van der Waals surface area (Å²) in [6.07, 6.45) is 5.92.